The minimum atomic E-state index is -0.741. The molecule has 2 aromatic carbocycles. The maximum absolute atomic E-state index is 12.0. The molecular formula is C19H18Cl2N2O4. The summed E-state index contributed by atoms with van der Waals surface area (Å²) in [4.78, 5) is 35.6. The van der Waals surface area contributed by atoms with Crippen molar-refractivity contribution in [2.24, 2.45) is 0 Å². The van der Waals surface area contributed by atoms with Gasteiger partial charge in [-0.1, -0.05) is 35.3 Å². The summed E-state index contributed by atoms with van der Waals surface area (Å²) < 4.78 is 4.89. The first-order chi connectivity index (χ1) is 12.8. The van der Waals surface area contributed by atoms with E-state index in [4.69, 9.17) is 27.9 Å². The van der Waals surface area contributed by atoms with E-state index in [0.717, 1.165) is 11.1 Å². The first kappa shape index (κ1) is 20.7. The summed E-state index contributed by atoms with van der Waals surface area (Å²) in [6, 6.07) is 9.78. The largest absolute Gasteiger partial charge is 0.452 e. The fourth-order valence-corrected chi connectivity index (χ4v) is 2.72. The zero-order chi connectivity index (χ0) is 20.0. The molecule has 0 spiro atoms. The van der Waals surface area contributed by atoms with E-state index in [1.807, 2.05) is 26.0 Å². The van der Waals surface area contributed by atoms with Crippen molar-refractivity contribution in [2.45, 2.75) is 13.8 Å². The second kappa shape index (κ2) is 9.39. The molecule has 0 aliphatic carbocycles. The van der Waals surface area contributed by atoms with Gasteiger partial charge in [0.05, 0.1) is 12.1 Å². The molecule has 0 aromatic heterocycles. The minimum Gasteiger partial charge on any atom is -0.452 e. The van der Waals surface area contributed by atoms with Gasteiger partial charge in [-0.25, -0.2) is 4.79 Å². The highest BCUT2D eigenvalue weighted by Gasteiger charge is 2.13. The molecule has 27 heavy (non-hydrogen) atoms. The number of carbonyl (C=O) groups is 3. The van der Waals surface area contributed by atoms with Gasteiger partial charge in [0.1, 0.15) is 0 Å². The van der Waals surface area contributed by atoms with Crippen molar-refractivity contribution in [3.05, 3.63) is 63.1 Å². The standard InChI is InChI=1S/C19H18Cl2N2O4/c1-11-4-3-5-16(12(11)2)23-17(24)9-22-18(25)10-27-19(26)13-6-14(20)8-15(21)7-13/h3-8H,9-10H2,1-2H3,(H,22,25)(H,23,24). The van der Waals surface area contributed by atoms with Gasteiger partial charge in [0.25, 0.3) is 5.91 Å². The van der Waals surface area contributed by atoms with E-state index < -0.39 is 18.5 Å². The molecule has 0 unspecified atom stereocenters. The molecule has 8 heteroatoms. The zero-order valence-electron chi connectivity index (χ0n) is 14.8. The first-order valence-electron chi connectivity index (χ1n) is 8.02. The number of hydrogen-bond donors (Lipinski definition) is 2. The number of rotatable bonds is 6. The fraction of sp³-hybridized carbons (Fsp3) is 0.211. The Morgan fingerprint density at radius 3 is 2.33 bits per heavy atom. The van der Waals surface area contributed by atoms with Crippen LogP contribution in [0.15, 0.2) is 36.4 Å². The van der Waals surface area contributed by atoms with Crippen LogP contribution < -0.4 is 10.6 Å². The van der Waals surface area contributed by atoms with Gasteiger partial charge in [-0.2, -0.15) is 0 Å². The normalized spacial score (nSPS) is 10.2. The summed E-state index contributed by atoms with van der Waals surface area (Å²) in [5, 5.41) is 5.66. The molecule has 0 saturated carbocycles. The number of nitrogens with one attached hydrogen (secondary N) is 2. The number of carbonyl (C=O) groups excluding carboxylic acids is 3. The van der Waals surface area contributed by atoms with Crippen LogP contribution in [0.4, 0.5) is 5.69 Å². The van der Waals surface area contributed by atoms with Gasteiger partial charge < -0.3 is 15.4 Å². The van der Waals surface area contributed by atoms with Gasteiger partial charge in [-0.15, -0.1) is 0 Å². The van der Waals surface area contributed by atoms with E-state index >= 15 is 0 Å². The van der Waals surface area contributed by atoms with Crippen molar-refractivity contribution in [1.29, 1.82) is 0 Å². The lowest BCUT2D eigenvalue weighted by Gasteiger charge is -2.11. The number of ether oxygens (including phenoxy) is 1. The molecule has 2 amide bonds. The maximum atomic E-state index is 12.0. The fourth-order valence-electron chi connectivity index (χ4n) is 2.20. The average Bonchev–Trinajstić information content (AvgIpc) is 2.61. The second-order valence-corrected chi connectivity index (χ2v) is 6.68. The molecular weight excluding hydrogens is 391 g/mol. The number of esters is 1. The van der Waals surface area contributed by atoms with Gasteiger partial charge in [-0.3, -0.25) is 9.59 Å². The molecule has 0 atom stereocenters. The number of benzene rings is 2. The quantitative estimate of drug-likeness (QED) is 0.716. The zero-order valence-corrected chi connectivity index (χ0v) is 16.3. The predicted molar refractivity (Wildman–Crippen MR) is 104 cm³/mol. The van der Waals surface area contributed by atoms with E-state index in [-0.39, 0.29) is 28.1 Å². The van der Waals surface area contributed by atoms with Crippen LogP contribution in [0.1, 0.15) is 21.5 Å². The lowest BCUT2D eigenvalue weighted by atomic mass is 10.1. The number of aryl methyl sites for hydroxylation is 1. The average molecular weight is 409 g/mol. The summed E-state index contributed by atoms with van der Waals surface area (Å²) in [6.07, 6.45) is 0. The van der Waals surface area contributed by atoms with Crippen LogP contribution in [0.2, 0.25) is 10.0 Å². The summed E-state index contributed by atoms with van der Waals surface area (Å²) in [6.45, 7) is 3.06. The first-order valence-corrected chi connectivity index (χ1v) is 8.78. The Labute approximate surface area is 166 Å². The highest BCUT2D eigenvalue weighted by atomic mass is 35.5. The Morgan fingerprint density at radius 1 is 1.00 bits per heavy atom. The number of halogens is 2. The number of amides is 2. The Hall–Kier alpha value is -2.57. The van der Waals surface area contributed by atoms with Crippen LogP contribution in [0, 0.1) is 13.8 Å². The molecule has 0 aliphatic heterocycles. The predicted octanol–water partition coefficient (Wildman–Crippen LogP) is 3.52. The van der Waals surface area contributed by atoms with Gasteiger partial charge in [0.2, 0.25) is 5.91 Å². The van der Waals surface area contributed by atoms with Crippen molar-refractivity contribution < 1.29 is 19.1 Å². The minimum absolute atomic E-state index is 0.132. The van der Waals surface area contributed by atoms with Crippen LogP contribution >= 0.6 is 23.2 Å². The molecule has 0 heterocycles. The molecule has 2 aromatic rings. The van der Waals surface area contributed by atoms with Crippen molar-refractivity contribution >= 4 is 46.7 Å². The Bertz CT molecular complexity index is 864. The third kappa shape index (κ3) is 6.27. The molecule has 142 valence electrons. The van der Waals surface area contributed by atoms with E-state index in [1.54, 1.807) is 6.07 Å². The second-order valence-electron chi connectivity index (χ2n) is 5.81. The van der Waals surface area contributed by atoms with Crippen LogP contribution in [0.5, 0.6) is 0 Å². The van der Waals surface area contributed by atoms with E-state index in [0.29, 0.717) is 5.69 Å². The lowest BCUT2D eigenvalue weighted by molar-refractivity contribution is -0.126. The highest BCUT2D eigenvalue weighted by Crippen LogP contribution is 2.19. The van der Waals surface area contributed by atoms with Crippen molar-refractivity contribution in [3.8, 4) is 0 Å². The number of anilines is 1. The Morgan fingerprint density at radius 2 is 1.67 bits per heavy atom. The van der Waals surface area contributed by atoms with Crippen LogP contribution in [0.3, 0.4) is 0 Å². The van der Waals surface area contributed by atoms with Crippen molar-refractivity contribution in [2.75, 3.05) is 18.5 Å². The van der Waals surface area contributed by atoms with Crippen molar-refractivity contribution in [1.82, 2.24) is 5.32 Å². The molecule has 0 saturated heterocycles. The lowest BCUT2D eigenvalue weighted by Crippen LogP contribution is -2.35. The third-order valence-corrected chi connectivity index (χ3v) is 4.19. The molecule has 6 nitrogen and oxygen atoms in total. The van der Waals surface area contributed by atoms with Gasteiger partial charge >= 0.3 is 5.97 Å². The summed E-state index contributed by atoms with van der Waals surface area (Å²) in [5.41, 5.74) is 2.81. The van der Waals surface area contributed by atoms with E-state index in [1.165, 1.54) is 18.2 Å². The maximum Gasteiger partial charge on any atom is 0.338 e. The molecule has 0 fully saturated rings. The molecule has 2 N–H and O–H groups in total. The summed E-state index contributed by atoms with van der Waals surface area (Å²) >= 11 is 11.6. The molecule has 0 radical (unpaired) electrons. The summed E-state index contributed by atoms with van der Waals surface area (Å²) in [7, 11) is 0. The Balaban J connectivity index is 1.79. The monoisotopic (exact) mass is 408 g/mol. The highest BCUT2D eigenvalue weighted by molar-refractivity contribution is 6.35. The topological polar surface area (TPSA) is 84.5 Å². The molecule has 0 bridgehead atoms. The molecule has 2 rings (SSSR count). The SMILES string of the molecule is Cc1cccc(NC(=O)CNC(=O)COC(=O)c2cc(Cl)cc(Cl)c2)c1C. The third-order valence-electron chi connectivity index (χ3n) is 3.76. The van der Waals surface area contributed by atoms with Gasteiger partial charge in [0.15, 0.2) is 6.61 Å². The number of hydrogen-bond acceptors (Lipinski definition) is 4. The van der Waals surface area contributed by atoms with Gasteiger partial charge in [0, 0.05) is 15.7 Å². The van der Waals surface area contributed by atoms with Crippen LogP contribution in [0.25, 0.3) is 0 Å². The summed E-state index contributed by atoms with van der Waals surface area (Å²) in [5.74, 6) is -1.73. The molecule has 0 aliphatic rings. The van der Waals surface area contributed by atoms with E-state index in [2.05, 4.69) is 10.6 Å². The van der Waals surface area contributed by atoms with Crippen molar-refractivity contribution in [3.63, 3.8) is 0 Å². The van der Waals surface area contributed by atoms with E-state index in [9.17, 15) is 14.4 Å². The smallest absolute Gasteiger partial charge is 0.338 e. The van der Waals surface area contributed by atoms with Crippen LogP contribution in [-0.2, 0) is 14.3 Å². The Kier molecular flexibility index (Phi) is 7.21. The van der Waals surface area contributed by atoms with Gasteiger partial charge in [-0.05, 0) is 49.2 Å². The van der Waals surface area contributed by atoms with Crippen LogP contribution in [-0.4, -0.2) is 30.9 Å².